The van der Waals surface area contributed by atoms with Gasteiger partial charge in [-0.1, -0.05) is 30.3 Å². The number of amides is 1. The van der Waals surface area contributed by atoms with Crippen molar-refractivity contribution in [2.45, 2.75) is 19.9 Å². The van der Waals surface area contributed by atoms with Crippen molar-refractivity contribution >= 4 is 5.91 Å². The maximum atomic E-state index is 11.7. The molecule has 1 unspecified atom stereocenters. The molecule has 3 nitrogen and oxygen atoms in total. The van der Waals surface area contributed by atoms with Crippen molar-refractivity contribution < 1.29 is 4.79 Å². The highest BCUT2D eigenvalue weighted by atomic mass is 16.1. The van der Waals surface area contributed by atoms with Crippen molar-refractivity contribution in [3.8, 4) is 0 Å². The SMILES string of the molecule is CCNC(=O)C1CCN(Cc2ccccc2)C1. The Morgan fingerprint density at radius 2 is 2.18 bits per heavy atom. The van der Waals surface area contributed by atoms with Gasteiger partial charge in [0.2, 0.25) is 5.91 Å². The summed E-state index contributed by atoms with van der Waals surface area (Å²) in [5.41, 5.74) is 1.32. The molecule has 1 fully saturated rings. The van der Waals surface area contributed by atoms with Gasteiger partial charge in [-0.3, -0.25) is 9.69 Å². The molecule has 92 valence electrons. The van der Waals surface area contributed by atoms with Gasteiger partial charge in [0.1, 0.15) is 0 Å². The molecule has 0 spiro atoms. The minimum absolute atomic E-state index is 0.179. The summed E-state index contributed by atoms with van der Waals surface area (Å²) in [6.45, 7) is 5.57. The second-order valence-electron chi connectivity index (χ2n) is 4.60. The van der Waals surface area contributed by atoms with E-state index < -0.39 is 0 Å². The van der Waals surface area contributed by atoms with E-state index in [4.69, 9.17) is 0 Å². The summed E-state index contributed by atoms with van der Waals surface area (Å²) in [7, 11) is 0. The van der Waals surface area contributed by atoms with Crippen LogP contribution in [0.1, 0.15) is 18.9 Å². The van der Waals surface area contributed by atoms with E-state index in [1.165, 1.54) is 5.56 Å². The third-order valence-corrected chi connectivity index (χ3v) is 3.24. The minimum atomic E-state index is 0.179. The lowest BCUT2D eigenvalue weighted by Crippen LogP contribution is -2.32. The molecular formula is C14H20N2O. The molecule has 1 atom stereocenters. The van der Waals surface area contributed by atoms with E-state index in [0.29, 0.717) is 0 Å². The average Bonchev–Trinajstić information content (AvgIpc) is 2.79. The zero-order chi connectivity index (χ0) is 12.1. The maximum absolute atomic E-state index is 11.7. The molecule has 1 aromatic rings. The highest BCUT2D eigenvalue weighted by Crippen LogP contribution is 2.18. The van der Waals surface area contributed by atoms with E-state index in [-0.39, 0.29) is 11.8 Å². The summed E-state index contributed by atoms with van der Waals surface area (Å²) in [4.78, 5) is 14.1. The van der Waals surface area contributed by atoms with E-state index in [1.54, 1.807) is 0 Å². The first-order valence-electron chi connectivity index (χ1n) is 6.33. The lowest BCUT2D eigenvalue weighted by Gasteiger charge is -2.15. The van der Waals surface area contributed by atoms with Crippen LogP contribution >= 0.6 is 0 Å². The monoisotopic (exact) mass is 232 g/mol. The molecular weight excluding hydrogens is 212 g/mol. The van der Waals surface area contributed by atoms with E-state index in [9.17, 15) is 4.79 Å². The third-order valence-electron chi connectivity index (χ3n) is 3.24. The molecule has 0 aliphatic carbocycles. The van der Waals surface area contributed by atoms with Crippen LogP contribution in [0.15, 0.2) is 30.3 Å². The quantitative estimate of drug-likeness (QED) is 0.856. The average molecular weight is 232 g/mol. The first kappa shape index (κ1) is 12.1. The van der Waals surface area contributed by atoms with E-state index in [0.717, 1.165) is 32.6 Å². The van der Waals surface area contributed by atoms with Crippen molar-refractivity contribution in [2.75, 3.05) is 19.6 Å². The van der Waals surface area contributed by atoms with Crippen LogP contribution in [-0.2, 0) is 11.3 Å². The van der Waals surface area contributed by atoms with Crippen LogP contribution in [0.3, 0.4) is 0 Å². The van der Waals surface area contributed by atoms with Crippen LogP contribution in [-0.4, -0.2) is 30.4 Å². The summed E-state index contributed by atoms with van der Waals surface area (Å²) >= 11 is 0. The topological polar surface area (TPSA) is 32.3 Å². The lowest BCUT2D eigenvalue weighted by atomic mass is 10.1. The van der Waals surface area contributed by atoms with E-state index in [2.05, 4.69) is 34.5 Å². The number of carbonyl (C=O) groups excluding carboxylic acids is 1. The van der Waals surface area contributed by atoms with Crippen molar-refractivity contribution in [1.82, 2.24) is 10.2 Å². The molecule has 1 aromatic carbocycles. The third kappa shape index (κ3) is 3.30. The molecule has 0 saturated carbocycles. The summed E-state index contributed by atoms with van der Waals surface area (Å²) in [5, 5.41) is 2.91. The highest BCUT2D eigenvalue weighted by Gasteiger charge is 2.27. The van der Waals surface area contributed by atoms with Crippen LogP contribution in [0.2, 0.25) is 0 Å². The molecule has 1 saturated heterocycles. The van der Waals surface area contributed by atoms with Gasteiger partial charge in [0.15, 0.2) is 0 Å². The van der Waals surface area contributed by atoms with Crippen LogP contribution in [0, 0.1) is 5.92 Å². The second-order valence-corrected chi connectivity index (χ2v) is 4.60. The normalized spacial score (nSPS) is 20.4. The van der Waals surface area contributed by atoms with Gasteiger partial charge in [-0.15, -0.1) is 0 Å². The van der Waals surface area contributed by atoms with Crippen LogP contribution in [0.25, 0.3) is 0 Å². The molecule has 0 bridgehead atoms. The summed E-state index contributed by atoms with van der Waals surface area (Å²) in [6, 6.07) is 10.4. The second kappa shape index (κ2) is 5.82. The summed E-state index contributed by atoms with van der Waals surface area (Å²) in [6.07, 6.45) is 0.985. The zero-order valence-corrected chi connectivity index (χ0v) is 10.4. The minimum Gasteiger partial charge on any atom is -0.356 e. The van der Waals surface area contributed by atoms with Gasteiger partial charge in [0.25, 0.3) is 0 Å². The zero-order valence-electron chi connectivity index (χ0n) is 10.4. The van der Waals surface area contributed by atoms with Gasteiger partial charge in [0, 0.05) is 19.6 Å². The smallest absolute Gasteiger partial charge is 0.224 e. The Morgan fingerprint density at radius 3 is 2.88 bits per heavy atom. The fraction of sp³-hybridized carbons (Fsp3) is 0.500. The van der Waals surface area contributed by atoms with Crippen molar-refractivity contribution in [1.29, 1.82) is 0 Å². The van der Waals surface area contributed by atoms with Gasteiger partial charge >= 0.3 is 0 Å². The molecule has 2 rings (SSSR count). The lowest BCUT2D eigenvalue weighted by molar-refractivity contribution is -0.124. The Hall–Kier alpha value is -1.35. The molecule has 1 aliphatic rings. The fourth-order valence-corrected chi connectivity index (χ4v) is 2.35. The standard InChI is InChI=1S/C14H20N2O/c1-2-15-14(17)13-8-9-16(11-13)10-12-6-4-3-5-7-12/h3-7,13H,2,8-11H2,1H3,(H,15,17). The molecule has 1 heterocycles. The molecule has 17 heavy (non-hydrogen) atoms. The fourth-order valence-electron chi connectivity index (χ4n) is 2.35. The first-order valence-corrected chi connectivity index (χ1v) is 6.33. The maximum Gasteiger partial charge on any atom is 0.224 e. The number of nitrogens with one attached hydrogen (secondary N) is 1. The molecule has 0 aromatic heterocycles. The Morgan fingerprint density at radius 1 is 1.41 bits per heavy atom. The molecule has 0 radical (unpaired) electrons. The highest BCUT2D eigenvalue weighted by molar-refractivity contribution is 5.79. The van der Waals surface area contributed by atoms with Gasteiger partial charge in [0.05, 0.1) is 5.92 Å². The molecule has 1 amide bonds. The Labute approximate surface area is 103 Å². The summed E-state index contributed by atoms with van der Waals surface area (Å²) < 4.78 is 0. The van der Waals surface area contributed by atoms with Gasteiger partial charge < -0.3 is 5.32 Å². The van der Waals surface area contributed by atoms with Crippen molar-refractivity contribution in [3.05, 3.63) is 35.9 Å². The number of carbonyl (C=O) groups is 1. The van der Waals surface area contributed by atoms with Crippen molar-refractivity contribution in [3.63, 3.8) is 0 Å². The van der Waals surface area contributed by atoms with Crippen LogP contribution in [0.5, 0.6) is 0 Å². The number of likely N-dealkylation sites (tertiary alicyclic amines) is 1. The predicted molar refractivity (Wildman–Crippen MR) is 68.5 cm³/mol. The number of nitrogens with zero attached hydrogens (tertiary/aromatic N) is 1. The van der Waals surface area contributed by atoms with Gasteiger partial charge in [-0.25, -0.2) is 0 Å². The van der Waals surface area contributed by atoms with E-state index in [1.807, 2.05) is 13.0 Å². The van der Waals surface area contributed by atoms with Crippen LogP contribution in [0.4, 0.5) is 0 Å². The number of hydrogen-bond donors (Lipinski definition) is 1. The van der Waals surface area contributed by atoms with Gasteiger partial charge in [-0.05, 0) is 25.5 Å². The number of hydrogen-bond acceptors (Lipinski definition) is 2. The first-order chi connectivity index (χ1) is 8.29. The Balaban J connectivity index is 1.84. The summed E-state index contributed by atoms with van der Waals surface area (Å²) in [5.74, 6) is 0.390. The van der Waals surface area contributed by atoms with Crippen molar-refractivity contribution in [2.24, 2.45) is 5.92 Å². The largest absolute Gasteiger partial charge is 0.356 e. The number of rotatable bonds is 4. The predicted octanol–water partition coefficient (Wildman–Crippen LogP) is 1.64. The molecule has 1 N–H and O–H groups in total. The van der Waals surface area contributed by atoms with E-state index >= 15 is 0 Å². The Bertz CT molecular complexity index is 364. The van der Waals surface area contributed by atoms with Gasteiger partial charge in [-0.2, -0.15) is 0 Å². The Kier molecular flexibility index (Phi) is 4.15. The molecule has 3 heteroatoms. The number of benzene rings is 1. The van der Waals surface area contributed by atoms with Crippen LogP contribution < -0.4 is 5.32 Å². The molecule has 1 aliphatic heterocycles.